The Bertz CT molecular complexity index is 707. The molecule has 0 fully saturated rings. The van der Waals surface area contributed by atoms with Crippen LogP contribution in [0.1, 0.15) is 5.56 Å². The van der Waals surface area contributed by atoms with Crippen LogP contribution in [-0.2, 0) is 5.33 Å². The van der Waals surface area contributed by atoms with E-state index in [9.17, 15) is 0 Å². The minimum atomic E-state index is 0.836. The molecular weight excluding hydrogens is 342 g/mol. The first-order chi connectivity index (χ1) is 8.29. The molecule has 0 saturated carbocycles. The van der Waals surface area contributed by atoms with E-state index in [2.05, 4.69) is 67.2 Å². The van der Waals surface area contributed by atoms with Gasteiger partial charge in [-0.05, 0) is 29.8 Å². The van der Waals surface area contributed by atoms with E-state index < -0.39 is 0 Å². The number of hydrogen-bond acceptors (Lipinski definition) is 1. The smallest absolute Gasteiger partial charge is 0.0713 e. The number of hydrogen-bond donors (Lipinski definition) is 0. The molecule has 0 radical (unpaired) electrons. The predicted octanol–water partition coefficient (Wildman–Crippen LogP) is 5.05. The number of fused-ring (bicyclic) bond motifs is 2. The highest BCUT2D eigenvalue weighted by atomic mass is 79.9. The number of nitrogens with zero attached hydrogens (tertiary/aromatic N) is 1. The summed E-state index contributed by atoms with van der Waals surface area (Å²) >= 11 is 7.10. The Kier molecular flexibility index (Phi) is 2.89. The Morgan fingerprint density at radius 3 is 2.53 bits per heavy atom. The second-order valence-electron chi connectivity index (χ2n) is 3.90. The molecule has 84 valence electrons. The highest BCUT2D eigenvalue weighted by Crippen LogP contribution is 2.29. The van der Waals surface area contributed by atoms with Gasteiger partial charge in [-0.25, -0.2) is 4.98 Å². The number of pyridine rings is 1. The normalized spacial score (nSPS) is 11.2. The number of rotatable bonds is 1. The second-order valence-corrected chi connectivity index (χ2v) is 5.38. The van der Waals surface area contributed by atoms with E-state index in [4.69, 9.17) is 0 Å². The molecule has 0 unspecified atom stereocenters. The molecular formula is C14H9Br2N. The fraction of sp³-hybridized carbons (Fsp3) is 0.0714. The third kappa shape index (κ3) is 1.87. The van der Waals surface area contributed by atoms with Gasteiger partial charge >= 0.3 is 0 Å². The molecule has 0 saturated heterocycles. The van der Waals surface area contributed by atoms with E-state index in [0.29, 0.717) is 0 Å². The summed E-state index contributed by atoms with van der Waals surface area (Å²) < 4.78 is 1.09. The summed E-state index contributed by atoms with van der Waals surface area (Å²) in [6, 6.07) is 14.5. The van der Waals surface area contributed by atoms with Crippen molar-refractivity contribution in [2.24, 2.45) is 0 Å². The second kappa shape index (κ2) is 4.39. The lowest BCUT2D eigenvalue weighted by molar-refractivity contribution is 1.44. The summed E-state index contributed by atoms with van der Waals surface area (Å²) in [6.07, 6.45) is 0. The fourth-order valence-electron chi connectivity index (χ4n) is 2.09. The summed E-state index contributed by atoms with van der Waals surface area (Å²) in [4.78, 5) is 4.69. The van der Waals surface area contributed by atoms with Crippen molar-refractivity contribution in [2.45, 2.75) is 5.33 Å². The third-order valence-corrected chi connectivity index (χ3v) is 3.94. The minimum absolute atomic E-state index is 0.836. The molecule has 3 heteroatoms. The molecule has 0 aliphatic rings. The molecule has 0 bridgehead atoms. The number of benzene rings is 2. The van der Waals surface area contributed by atoms with Crippen LogP contribution in [0.15, 0.2) is 46.9 Å². The Balaban J connectivity index is 2.54. The number of aromatic nitrogens is 1. The van der Waals surface area contributed by atoms with Crippen molar-refractivity contribution >= 4 is 53.7 Å². The summed E-state index contributed by atoms with van der Waals surface area (Å²) in [7, 11) is 0. The van der Waals surface area contributed by atoms with Crippen LogP contribution in [0.25, 0.3) is 21.8 Å². The molecule has 0 amide bonds. The number of halogens is 2. The first-order valence-electron chi connectivity index (χ1n) is 5.32. The molecule has 17 heavy (non-hydrogen) atoms. The van der Waals surface area contributed by atoms with E-state index in [1.165, 1.54) is 16.3 Å². The first-order valence-corrected chi connectivity index (χ1v) is 7.24. The number of alkyl halides is 1. The van der Waals surface area contributed by atoms with Crippen LogP contribution >= 0.6 is 31.9 Å². The van der Waals surface area contributed by atoms with Crippen LogP contribution in [0.4, 0.5) is 0 Å². The van der Waals surface area contributed by atoms with Gasteiger partial charge in [-0.2, -0.15) is 0 Å². The molecule has 1 heterocycles. The van der Waals surface area contributed by atoms with Crippen LogP contribution in [0.2, 0.25) is 0 Å². The summed E-state index contributed by atoms with van der Waals surface area (Å²) in [5.41, 5.74) is 3.39. The Hall–Kier alpha value is -0.930. The Labute approximate surface area is 116 Å². The third-order valence-electron chi connectivity index (χ3n) is 2.89. The zero-order chi connectivity index (χ0) is 11.8. The van der Waals surface area contributed by atoms with Gasteiger partial charge < -0.3 is 0 Å². The zero-order valence-corrected chi connectivity index (χ0v) is 12.1. The predicted molar refractivity (Wildman–Crippen MR) is 79.6 cm³/mol. The maximum atomic E-state index is 4.69. The first kappa shape index (κ1) is 11.2. The molecule has 0 spiro atoms. The van der Waals surface area contributed by atoms with Gasteiger partial charge in [0.25, 0.3) is 0 Å². The zero-order valence-electron chi connectivity index (χ0n) is 8.95. The van der Waals surface area contributed by atoms with Crippen molar-refractivity contribution < 1.29 is 0 Å². The summed E-state index contributed by atoms with van der Waals surface area (Å²) in [6.45, 7) is 0. The van der Waals surface area contributed by atoms with Crippen LogP contribution in [-0.4, -0.2) is 4.98 Å². The molecule has 0 aliphatic carbocycles. The highest BCUT2D eigenvalue weighted by Gasteiger charge is 2.07. The molecule has 1 nitrogen and oxygen atoms in total. The molecule has 0 aliphatic heterocycles. The monoisotopic (exact) mass is 349 g/mol. The quantitative estimate of drug-likeness (QED) is 0.442. The topological polar surface area (TPSA) is 12.9 Å². The van der Waals surface area contributed by atoms with Gasteiger partial charge in [-0.3, -0.25) is 0 Å². The van der Waals surface area contributed by atoms with Gasteiger partial charge in [0.05, 0.1) is 11.0 Å². The van der Waals surface area contributed by atoms with E-state index >= 15 is 0 Å². The molecule has 0 atom stereocenters. The molecule has 0 N–H and O–H groups in total. The average molecular weight is 351 g/mol. The van der Waals surface area contributed by atoms with Crippen molar-refractivity contribution in [3.8, 4) is 0 Å². The maximum absolute atomic E-state index is 4.69. The lowest BCUT2D eigenvalue weighted by Gasteiger charge is -2.08. The van der Waals surface area contributed by atoms with E-state index in [1.807, 2.05) is 12.1 Å². The SMILES string of the molecule is BrCc1c2ccccc2nc2ccc(Br)cc12. The Morgan fingerprint density at radius 1 is 0.941 bits per heavy atom. The standard InChI is InChI=1S/C14H9Br2N/c15-8-12-10-3-1-2-4-13(10)17-14-6-5-9(16)7-11(12)14/h1-7H,8H2. The van der Waals surface area contributed by atoms with E-state index in [1.54, 1.807) is 0 Å². The van der Waals surface area contributed by atoms with Crippen molar-refractivity contribution in [2.75, 3.05) is 0 Å². The van der Waals surface area contributed by atoms with Gasteiger partial charge in [0.2, 0.25) is 0 Å². The molecule has 1 aromatic heterocycles. The van der Waals surface area contributed by atoms with Crippen LogP contribution in [0, 0.1) is 0 Å². The lowest BCUT2D eigenvalue weighted by Crippen LogP contribution is -1.89. The maximum Gasteiger partial charge on any atom is 0.0713 e. The average Bonchev–Trinajstić information content (AvgIpc) is 2.36. The highest BCUT2D eigenvalue weighted by molar-refractivity contribution is 9.10. The van der Waals surface area contributed by atoms with Crippen molar-refractivity contribution in [1.82, 2.24) is 4.98 Å². The summed E-state index contributed by atoms with van der Waals surface area (Å²) in [5, 5.41) is 3.26. The van der Waals surface area contributed by atoms with Crippen molar-refractivity contribution in [1.29, 1.82) is 0 Å². The van der Waals surface area contributed by atoms with Crippen molar-refractivity contribution in [3.63, 3.8) is 0 Å². The molecule has 3 rings (SSSR count). The van der Waals surface area contributed by atoms with E-state index in [0.717, 1.165) is 20.8 Å². The van der Waals surface area contributed by atoms with Crippen LogP contribution in [0.3, 0.4) is 0 Å². The van der Waals surface area contributed by atoms with Crippen molar-refractivity contribution in [3.05, 3.63) is 52.5 Å². The van der Waals surface area contributed by atoms with Crippen LogP contribution < -0.4 is 0 Å². The largest absolute Gasteiger partial charge is 0.248 e. The van der Waals surface area contributed by atoms with E-state index in [-0.39, 0.29) is 0 Å². The Morgan fingerprint density at radius 2 is 1.71 bits per heavy atom. The van der Waals surface area contributed by atoms with Gasteiger partial charge in [0, 0.05) is 20.6 Å². The van der Waals surface area contributed by atoms with Gasteiger partial charge in [0.1, 0.15) is 0 Å². The van der Waals surface area contributed by atoms with Crippen LogP contribution in [0.5, 0.6) is 0 Å². The fourth-order valence-corrected chi connectivity index (χ4v) is 3.06. The molecule has 2 aromatic carbocycles. The lowest BCUT2D eigenvalue weighted by atomic mass is 10.0. The minimum Gasteiger partial charge on any atom is -0.248 e. The molecule has 3 aromatic rings. The summed E-state index contributed by atoms with van der Waals surface area (Å²) in [5.74, 6) is 0. The van der Waals surface area contributed by atoms with Gasteiger partial charge in [0.15, 0.2) is 0 Å². The number of para-hydroxylation sites is 1. The van der Waals surface area contributed by atoms with Gasteiger partial charge in [-0.1, -0.05) is 50.1 Å². The van der Waals surface area contributed by atoms with Gasteiger partial charge in [-0.15, -0.1) is 0 Å².